The minimum atomic E-state index is -1.52. The van der Waals surface area contributed by atoms with Gasteiger partial charge in [-0.15, -0.1) is 0 Å². The summed E-state index contributed by atoms with van der Waals surface area (Å²) in [6.45, 7) is 0. The van der Waals surface area contributed by atoms with E-state index in [4.69, 9.17) is 5.73 Å². The maximum atomic E-state index is 12.9. The summed E-state index contributed by atoms with van der Waals surface area (Å²) in [6, 6.07) is 17.8. The van der Waals surface area contributed by atoms with E-state index in [0.29, 0.717) is 5.69 Å². The Morgan fingerprint density at radius 2 is 1.71 bits per heavy atom. The zero-order valence-electron chi connectivity index (χ0n) is 15.4. The zero-order valence-corrected chi connectivity index (χ0v) is 15.4. The highest BCUT2D eigenvalue weighted by Gasteiger charge is 2.28. The molecule has 0 aliphatic rings. The highest BCUT2D eigenvalue weighted by molar-refractivity contribution is 5.98. The van der Waals surface area contributed by atoms with Crippen molar-refractivity contribution in [3.8, 4) is 11.3 Å². The number of imidazole rings is 1. The molecule has 0 radical (unpaired) electrons. The van der Waals surface area contributed by atoms with Crippen molar-refractivity contribution in [3.63, 3.8) is 0 Å². The molecule has 0 spiro atoms. The molecule has 0 fully saturated rings. The molecule has 3 rings (SSSR count). The van der Waals surface area contributed by atoms with Gasteiger partial charge >= 0.3 is 0 Å². The van der Waals surface area contributed by atoms with Gasteiger partial charge in [-0.3, -0.25) is 9.59 Å². The van der Waals surface area contributed by atoms with Crippen LogP contribution in [0.4, 0.5) is 0 Å². The molecule has 3 aromatic rings. The molecule has 7 nitrogen and oxygen atoms in total. The van der Waals surface area contributed by atoms with Crippen molar-refractivity contribution in [2.24, 2.45) is 12.8 Å². The molecule has 0 saturated heterocycles. The molecule has 2 atom stereocenters. The fraction of sp³-hybridized carbons (Fsp3) is 0.190. The van der Waals surface area contributed by atoms with E-state index in [1.165, 1.54) is 0 Å². The number of carbonyl (C=O) groups excluding carboxylic acids is 2. The third kappa shape index (κ3) is 4.27. The first-order valence-electron chi connectivity index (χ1n) is 8.86. The second-order valence-corrected chi connectivity index (χ2v) is 6.54. The third-order valence-electron chi connectivity index (χ3n) is 4.49. The number of primary amides is 1. The van der Waals surface area contributed by atoms with Gasteiger partial charge in [0, 0.05) is 12.6 Å². The van der Waals surface area contributed by atoms with Crippen LogP contribution >= 0.6 is 0 Å². The molecule has 0 aliphatic carbocycles. The van der Waals surface area contributed by atoms with Crippen LogP contribution in [0.5, 0.6) is 0 Å². The standard InChI is InChI=1S/C21H22N4O3/c1-25-13-23-17(18(25)15-10-6-3-7-11-15)21(28)24-16(19(26)20(22)27)12-14-8-4-2-5-9-14/h2-11,13,16,19,26H,12H2,1H3,(H2,22,27)(H,24,28). The Hall–Kier alpha value is -3.45. The van der Waals surface area contributed by atoms with E-state index < -0.39 is 24.0 Å². The molecule has 4 N–H and O–H groups in total. The average Bonchev–Trinajstić information content (AvgIpc) is 3.09. The molecule has 1 aromatic heterocycles. The molecule has 0 saturated carbocycles. The quantitative estimate of drug-likeness (QED) is 0.575. The molecule has 7 heteroatoms. The van der Waals surface area contributed by atoms with Crippen LogP contribution < -0.4 is 11.1 Å². The largest absolute Gasteiger partial charge is 0.381 e. The van der Waals surface area contributed by atoms with Crippen molar-refractivity contribution in [3.05, 3.63) is 78.2 Å². The number of amides is 2. The lowest BCUT2D eigenvalue weighted by atomic mass is 10.0. The Morgan fingerprint density at radius 3 is 2.32 bits per heavy atom. The normalized spacial score (nSPS) is 12.9. The summed E-state index contributed by atoms with van der Waals surface area (Å²) in [5, 5.41) is 12.9. The Morgan fingerprint density at radius 1 is 1.11 bits per heavy atom. The monoisotopic (exact) mass is 378 g/mol. The van der Waals surface area contributed by atoms with E-state index in [1.807, 2.05) is 60.7 Å². The predicted octanol–water partition coefficient (Wildman–Crippen LogP) is 1.27. The van der Waals surface area contributed by atoms with Crippen LogP contribution in [0, 0.1) is 0 Å². The molecule has 28 heavy (non-hydrogen) atoms. The minimum absolute atomic E-state index is 0.212. The van der Waals surface area contributed by atoms with Crippen molar-refractivity contribution in [2.45, 2.75) is 18.6 Å². The van der Waals surface area contributed by atoms with Crippen LogP contribution in [0.2, 0.25) is 0 Å². The maximum Gasteiger partial charge on any atom is 0.272 e. The topological polar surface area (TPSA) is 110 Å². The number of benzene rings is 2. The van der Waals surface area contributed by atoms with Gasteiger partial charge in [0.1, 0.15) is 0 Å². The second-order valence-electron chi connectivity index (χ2n) is 6.54. The van der Waals surface area contributed by atoms with Crippen LogP contribution in [0.3, 0.4) is 0 Å². The van der Waals surface area contributed by atoms with Gasteiger partial charge in [-0.25, -0.2) is 4.98 Å². The molecular weight excluding hydrogens is 356 g/mol. The molecule has 144 valence electrons. The third-order valence-corrected chi connectivity index (χ3v) is 4.49. The van der Waals surface area contributed by atoms with Gasteiger partial charge in [-0.05, 0) is 12.0 Å². The first-order valence-corrected chi connectivity index (χ1v) is 8.86. The lowest BCUT2D eigenvalue weighted by molar-refractivity contribution is -0.127. The van der Waals surface area contributed by atoms with Gasteiger partial charge in [0.15, 0.2) is 11.8 Å². The number of aryl methyl sites for hydroxylation is 1. The first-order chi connectivity index (χ1) is 13.5. The van der Waals surface area contributed by atoms with Gasteiger partial charge in [-0.1, -0.05) is 60.7 Å². The van der Waals surface area contributed by atoms with Gasteiger partial charge in [-0.2, -0.15) is 0 Å². The minimum Gasteiger partial charge on any atom is -0.381 e. The summed E-state index contributed by atoms with van der Waals surface area (Å²) in [6.07, 6.45) is 0.283. The highest BCUT2D eigenvalue weighted by atomic mass is 16.3. The molecule has 2 amide bonds. The van der Waals surface area contributed by atoms with Crippen molar-refractivity contribution in [2.75, 3.05) is 0 Å². The summed E-state index contributed by atoms with van der Waals surface area (Å²) in [7, 11) is 1.80. The number of carbonyl (C=O) groups is 2. The van der Waals surface area contributed by atoms with Crippen molar-refractivity contribution < 1.29 is 14.7 Å². The molecule has 1 heterocycles. The summed E-state index contributed by atoms with van der Waals surface area (Å²) < 4.78 is 1.75. The van der Waals surface area contributed by atoms with E-state index in [2.05, 4.69) is 10.3 Å². The number of nitrogens with one attached hydrogen (secondary N) is 1. The van der Waals surface area contributed by atoms with E-state index in [-0.39, 0.29) is 12.1 Å². The Labute approximate surface area is 162 Å². The van der Waals surface area contributed by atoms with Gasteiger partial charge < -0.3 is 20.7 Å². The molecular formula is C21H22N4O3. The first kappa shape index (κ1) is 19.3. The second kappa shape index (κ2) is 8.49. The van der Waals surface area contributed by atoms with Crippen molar-refractivity contribution in [1.29, 1.82) is 0 Å². The number of aliphatic hydroxyl groups excluding tert-OH is 1. The van der Waals surface area contributed by atoms with Crippen molar-refractivity contribution in [1.82, 2.24) is 14.9 Å². The molecule has 0 aliphatic heterocycles. The summed E-state index contributed by atoms with van der Waals surface area (Å²) in [4.78, 5) is 28.7. The number of nitrogens with zero attached hydrogens (tertiary/aromatic N) is 2. The summed E-state index contributed by atoms with van der Waals surface area (Å²) in [5.74, 6) is -1.38. The smallest absolute Gasteiger partial charge is 0.272 e. The Kier molecular flexibility index (Phi) is 5.86. The van der Waals surface area contributed by atoms with Crippen LogP contribution in [-0.4, -0.2) is 38.6 Å². The molecule has 0 bridgehead atoms. The number of hydrogen-bond acceptors (Lipinski definition) is 4. The number of hydrogen-bond donors (Lipinski definition) is 3. The fourth-order valence-electron chi connectivity index (χ4n) is 3.08. The number of nitrogens with two attached hydrogens (primary N) is 1. The van der Waals surface area contributed by atoms with E-state index in [0.717, 1.165) is 11.1 Å². The van der Waals surface area contributed by atoms with Gasteiger partial charge in [0.05, 0.1) is 18.1 Å². The van der Waals surface area contributed by atoms with Gasteiger partial charge in [0.2, 0.25) is 5.91 Å². The Balaban J connectivity index is 1.88. The Bertz CT molecular complexity index is 954. The maximum absolute atomic E-state index is 12.9. The summed E-state index contributed by atoms with van der Waals surface area (Å²) in [5.41, 5.74) is 7.82. The number of rotatable bonds is 7. The van der Waals surface area contributed by atoms with Gasteiger partial charge in [0.25, 0.3) is 5.91 Å². The lowest BCUT2D eigenvalue weighted by Crippen LogP contribution is -2.50. The molecule has 2 aromatic carbocycles. The average molecular weight is 378 g/mol. The lowest BCUT2D eigenvalue weighted by Gasteiger charge is -2.22. The molecule has 2 unspecified atom stereocenters. The van der Waals surface area contributed by atoms with Crippen LogP contribution in [0.15, 0.2) is 67.0 Å². The predicted molar refractivity (Wildman–Crippen MR) is 105 cm³/mol. The summed E-state index contributed by atoms with van der Waals surface area (Å²) >= 11 is 0. The number of aliphatic hydroxyl groups is 1. The van der Waals surface area contributed by atoms with Crippen LogP contribution in [0.1, 0.15) is 16.1 Å². The highest BCUT2D eigenvalue weighted by Crippen LogP contribution is 2.22. The van der Waals surface area contributed by atoms with E-state index in [1.54, 1.807) is 17.9 Å². The fourth-order valence-corrected chi connectivity index (χ4v) is 3.08. The van der Waals surface area contributed by atoms with Crippen LogP contribution in [0.25, 0.3) is 11.3 Å². The SMILES string of the molecule is Cn1cnc(C(=O)NC(Cc2ccccc2)C(O)C(N)=O)c1-c1ccccc1. The van der Waals surface area contributed by atoms with Crippen molar-refractivity contribution >= 4 is 11.8 Å². The van der Waals surface area contributed by atoms with Crippen LogP contribution in [-0.2, 0) is 18.3 Å². The number of aromatic nitrogens is 2. The van der Waals surface area contributed by atoms with E-state index in [9.17, 15) is 14.7 Å². The zero-order chi connectivity index (χ0) is 20.1. The van der Waals surface area contributed by atoms with E-state index >= 15 is 0 Å².